The van der Waals surface area contributed by atoms with Gasteiger partial charge in [-0.3, -0.25) is 14.4 Å². The fraction of sp³-hybridized carbons (Fsp3) is 0.922. The molecule has 0 aliphatic heterocycles. The normalized spacial score (nSPS) is 10.9. The van der Waals surface area contributed by atoms with Crippen LogP contribution in [-0.4, -0.2) is 33.2 Å². The Balaban J connectivity index is -0.000000426. The monoisotopic (exact) mass is 993 g/mol. The van der Waals surface area contributed by atoms with Gasteiger partial charge in [0.1, 0.15) is 0 Å². The van der Waals surface area contributed by atoms with Crippen LogP contribution in [0.25, 0.3) is 0 Å². The summed E-state index contributed by atoms with van der Waals surface area (Å²) in [7, 11) is 0. The summed E-state index contributed by atoms with van der Waals surface area (Å²) in [6, 6.07) is 0. The molecule has 0 aliphatic rings. The van der Waals surface area contributed by atoms with E-state index >= 15 is 0 Å². The van der Waals surface area contributed by atoms with E-state index in [2.05, 4.69) is 55.0 Å². The highest BCUT2D eigenvalue weighted by molar-refractivity contribution is 5.67. The number of carboxylic acid groups (broad SMARTS) is 3. The van der Waals surface area contributed by atoms with Crippen molar-refractivity contribution in [3.05, 3.63) is 12.7 Å². The van der Waals surface area contributed by atoms with Crippen molar-refractivity contribution >= 4 is 17.9 Å². The number of aliphatic carboxylic acids is 3. The van der Waals surface area contributed by atoms with Gasteiger partial charge in [-0.1, -0.05) is 318 Å². The number of hydrogen-bond acceptors (Lipinski definition) is 3. The molecular formula is C64H128O6. The summed E-state index contributed by atoms with van der Waals surface area (Å²) >= 11 is 0. The second-order valence-electron chi connectivity index (χ2n) is 22.6. The van der Waals surface area contributed by atoms with E-state index in [1.165, 1.54) is 257 Å². The van der Waals surface area contributed by atoms with Crippen LogP contribution >= 0.6 is 0 Å². The van der Waals surface area contributed by atoms with Gasteiger partial charge < -0.3 is 15.3 Å². The number of rotatable bonds is 52. The molecule has 0 radical (unpaired) electrons. The maximum atomic E-state index is 10.3. The first-order chi connectivity index (χ1) is 33.8. The number of allylic oxidation sites excluding steroid dienone is 1. The molecule has 0 saturated carbocycles. The van der Waals surface area contributed by atoms with E-state index in [4.69, 9.17) is 15.3 Å². The third-order valence-corrected chi connectivity index (χ3v) is 13.5. The highest BCUT2D eigenvalue weighted by Gasteiger charge is 2.01. The van der Waals surface area contributed by atoms with E-state index in [1.807, 2.05) is 6.08 Å². The Morgan fingerprint density at radius 2 is 0.471 bits per heavy atom. The van der Waals surface area contributed by atoms with E-state index < -0.39 is 17.9 Å². The van der Waals surface area contributed by atoms with Crippen LogP contribution in [0.15, 0.2) is 12.7 Å². The van der Waals surface area contributed by atoms with E-state index in [1.54, 1.807) is 0 Å². The van der Waals surface area contributed by atoms with Gasteiger partial charge in [0.2, 0.25) is 0 Å². The van der Waals surface area contributed by atoms with Gasteiger partial charge in [-0.2, -0.15) is 0 Å². The van der Waals surface area contributed by atoms with Crippen LogP contribution in [0.3, 0.4) is 0 Å². The highest BCUT2D eigenvalue weighted by atomic mass is 16.4. The van der Waals surface area contributed by atoms with Gasteiger partial charge in [0.25, 0.3) is 0 Å². The zero-order valence-electron chi connectivity index (χ0n) is 48.7. The van der Waals surface area contributed by atoms with Crippen molar-refractivity contribution in [3.8, 4) is 0 Å². The Labute approximate surface area is 439 Å². The van der Waals surface area contributed by atoms with Crippen LogP contribution in [0.1, 0.15) is 363 Å². The summed E-state index contributed by atoms with van der Waals surface area (Å²) in [5.74, 6) is 0.636. The lowest BCUT2D eigenvalue weighted by Gasteiger charge is -2.04. The summed E-state index contributed by atoms with van der Waals surface area (Å²) in [6.45, 7) is 19.8. The molecule has 6 heteroatoms. The molecule has 0 aromatic heterocycles. The molecule has 70 heavy (non-hydrogen) atoms. The molecule has 0 aromatic rings. The van der Waals surface area contributed by atoms with Gasteiger partial charge in [0, 0.05) is 19.3 Å². The summed E-state index contributed by atoms with van der Waals surface area (Å²) in [5.41, 5.74) is 0. The highest BCUT2D eigenvalue weighted by Crippen LogP contribution is 2.18. The lowest BCUT2D eigenvalue weighted by atomic mass is 10.0. The quantitative estimate of drug-likeness (QED) is 0.0413. The molecule has 0 saturated heterocycles. The second-order valence-corrected chi connectivity index (χ2v) is 22.6. The number of carbonyl (C=O) groups is 3. The van der Waals surface area contributed by atoms with Crippen molar-refractivity contribution in [2.45, 2.75) is 363 Å². The average molecular weight is 994 g/mol. The van der Waals surface area contributed by atoms with Gasteiger partial charge in [-0.25, -0.2) is 0 Å². The van der Waals surface area contributed by atoms with Crippen LogP contribution in [0.5, 0.6) is 0 Å². The van der Waals surface area contributed by atoms with Crippen molar-refractivity contribution in [2.24, 2.45) is 17.8 Å². The van der Waals surface area contributed by atoms with Crippen LogP contribution in [0.2, 0.25) is 0 Å². The van der Waals surface area contributed by atoms with Crippen LogP contribution in [0, 0.1) is 17.8 Å². The average Bonchev–Trinajstić information content (AvgIpc) is 3.30. The largest absolute Gasteiger partial charge is 0.481 e. The fourth-order valence-corrected chi connectivity index (χ4v) is 8.86. The fourth-order valence-electron chi connectivity index (χ4n) is 8.86. The Hall–Kier alpha value is -1.85. The molecule has 0 atom stereocenters. The summed E-state index contributed by atoms with van der Waals surface area (Å²) in [6.07, 6.45) is 63.5. The van der Waals surface area contributed by atoms with Gasteiger partial charge in [-0.15, -0.1) is 6.58 Å². The first-order valence-corrected chi connectivity index (χ1v) is 31.1. The van der Waals surface area contributed by atoms with Crippen molar-refractivity contribution in [3.63, 3.8) is 0 Å². The van der Waals surface area contributed by atoms with E-state index in [0.29, 0.717) is 19.3 Å². The third kappa shape index (κ3) is 89.1. The number of hydrogen-bond donors (Lipinski definition) is 3. The van der Waals surface area contributed by atoms with E-state index in [9.17, 15) is 14.4 Å². The minimum absolute atomic E-state index is 0.344. The molecule has 0 heterocycles. The van der Waals surface area contributed by atoms with Crippen molar-refractivity contribution in [1.29, 1.82) is 0 Å². The van der Waals surface area contributed by atoms with Gasteiger partial charge >= 0.3 is 17.9 Å². The van der Waals surface area contributed by atoms with Gasteiger partial charge in [0.15, 0.2) is 0 Å². The maximum Gasteiger partial charge on any atom is 0.303 e. The lowest BCUT2D eigenvalue weighted by Crippen LogP contribution is -1.93. The summed E-state index contributed by atoms with van der Waals surface area (Å²) in [4.78, 5) is 31.0. The maximum absolute atomic E-state index is 10.3. The Kier molecular flexibility index (Phi) is 71.6. The van der Waals surface area contributed by atoms with Crippen LogP contribution in [-0.2, 0) is 14.4 Å². The molecule has 0 rings (SSSR count). The minimum atomic E-state index is -0.654. The molecule has 420 valence electrons. The summed E-state index contributed by atoms with van der Waals surface area (Å²) < 4.78 is 0. The first kappa shape index (κ1) is 74.7. The Morgan fingerprint density at radius 1 is 0.300 bits per heavy atom. The molecule has 0 aliphatic carbocycles. The van der Waals surface area contributed by atoms with E-state index in [0.717, 1.165) is 56.3 Å². The lowest BCUT2D eigenvalue weighted by molar-refractivity contribution is -0.138. The zero-order valence-corrected chi connectivity index (χ0v) is 48.7. The van der Waals surface area contributed by atoms with Gasteiger partial charge in [0.05, 0.1) is 0 Å². The van der Waals surface area contributed by atoms with Crippen molar-refractivity contribution in [1.82, 2.24) is 0 Å². The number of carboxylic acids is 3. The Bertz CT molecular complexity index is 896. The van der Waals surface area contributed by atoms with Gasteiger partial charge in [-0.05, 0) is 49.9 Å². The SMILES string of the molecule is C=CCCCCCCCC.CC(C)CCCCCCCCCCCCCCC(=O)O.CC(C)CCCCCCCCCCCCCCC(=O)O.CC(C)CCCCCCCCCCCCCCC(=O)O. The molecule has 0 aromatic carbocycles. The van der Waals surface area contributed by atoms with Crippen molar-refractivity contribution < 1.29 is 29.7 Å². The molecule has 3 N–H and O–H groups in total. The first-order valence-electron chi connectivity index (χ1n) is 31.1. The molecule has 6 nitrogen and oxygen atoms in total. The topological polar surface area (TPSA) is 112 Å². The molecule has 0 unspecified atom stereocenters. The van der Waals surface area contributed by atoms with Crippen molar-refractivity contribution in [2.75, 3.05) is 0 Å². The standard InChI is InChI=1S/3C18H36O2.C10H20/c3*1-17(2)15-13-11-9-7-5-3-4-6-8-10-12-14-16-18(19)20;1-3-5-7-9-10-8-6-4-2/h3*17H,3-16H2,1-2H3,(H,19,20);3H,1,4-10H2,2H3. The molecule has 0 fully saturated rings. The predicted octanol–water partition coefficient (Wildman–Crippen LogP) is 22.5. The van der Waals surface area contributed by atoms with Crippen LogP contribution < -0.4 is 0 Å². The van der Waals surface area contributed by atoms with E-state index in [-0.39, 0.29) is 0 Å². The third-order valence-electron chi connectivity index (χ3n) is 13.5. The molecule has 0 bridgehead atoms. The predicted molar refractivity (Wildman–Crippen MR) is 310 cm³/mol. The van der Waals surface area contributed by atoms with Crippen LogP contribution in [0.4, 0.5) is 0 Å². The summed E-state index contributed by atoms with van der Waals surface area (Å²) in [5, 5.41) is 25.6. The molecular weight excluding hydrogens is 865 g/mol. The minimum Gasteiger partial charge on any atom is -0.481 e. The molecule has 0 amide bonds. The number of unbranched alkanes of at least 4 members (excludes halogenated alkanes) is 39. The Morgan fingerprint density at radius 3 is 0.643 bits per heavy atom. The molecule has 0 spiro atoms. The second kappa shape index (κ2) is 67.1. The smallest absolute Gasteiger partial charge is 0.303 e. The zero-order chi connectivity index (χ0) is 52.8.